The smallest absolute Gasteiger partial charge is 0.0695 e. The highest BCUT2D eigenvalue weighted by atomic mass is 16.3. The Hall–Kier alpha value is -0.0800. The summed E-state index contributed by atoms with van der Waals surface area (Å²) in [5, 5.41) is 9.71. The lowest BCUT2D eigenvalue weighted by molar-refractivity contribution is 0.0239. The first-order valence-corrected chi connectivity index (χ1v) is 4.99. The van der Waals surface area contributed by atoms with Crippen LogP contribution in [0.15, 0.2) is 0 Å². The third-order valence-corrected chi connectivity index (χ3v) is 3.13. The third kappa shape index (κ3) is 2.20. The summed E-state index contributed by atoms with van der Waals surface area (Å²) in [6.45, 7) is 2.25. The van der Waals surface area contributed by atoms with Gasteiger partial charge in [-0.25, -0.2) is 0 Å². The van der Waals surface area contributed by atoms with E-state index in [2.05, 4.69) is 25.9 Å². The van der Waals surface area contributed by atoms with Crippen molar-refractivity contribution in [1.82, 2.24) is 4.90 Å². The molecule has 0 radical (unpaired) electrons. The van der Waals surface area contributed by atoms with Crippen LogP contribution in [0.1, 0.15) is 32.6 Å². The first-order chi connectivity index (χ1) is 5.65. The molecule has 0 heterocycles. The van der Waals surface area contributed by atoms with Gasteiger partial charge in [-0.05, 0) is 39.3 Å². The van der Waals surface area contributed by atoms with Gasteiger partial charge < -0.3 is 10.0 Å². The Morgan fingerprint density at radius 3 is 2.50 bits per heavy atom. The molecular formula is C10H21NO. The standard InChI is InChI=1S/C10H21NO/c1-4-8-5-6-10(12)9(7-8)11(2)3/h8-10,12H,4-7H2,1-3H3. The van der Waals surface area contributed by atoms with Gasteiger partial charge in [0.1, 0.15) is 0 Å². The van der Waals surface area contributed by atoms with E-state index in [1.54, 1.807) is 0 Å². The van der Waals surface area contributed by atoms with Gasteiger partial charge in [-0.3, -0.25) is 0 Å². The van der Waals surface area contributed by atoms with Crippen LogP contribution in [0, 0.1) is 5.92 Å². The first kappa shape index (κ1) is 10.0. The van der Waals surface area contributed by atoms with Gasteiger partial charge in [0.25, 0.3) is 0 Å². The largest absolute Gasteiger partial charge is 0.391 e. The molecule has 0 aliphatic heterocycles. The Kier molecular flexibility index (Phi) is 3.53. The molecule has 0 aromatic rings. The summed E-state index contributed by atoms with van der Waals surface area (Å²) in [5.41, 5.74) is 0. The summed E-state index contributed by atoms with van der Waals surface area (Å²) in [6, 6.07) is 0.392. The lowest BCUT2D eigenvalue weighted by Crippen LogP contribution is -2.43. The molecule has 1 saturated carbocycles. The van der Waals surface area contributed by atoms with Gasteiger partial charge in [-0.15, -0.1) is 0 Å². The summed E-state index contributed by atoms with van der Waals surface area (Å²) < 4.78 is 0. The van der Waals surface area contributed by atoms with Gasteiger partial charge in [0.05, 0.1) is 6.10 Å². The second-order valence-electron chi connectivity index (χ2n) is 4.19. The quantitative estimate of drug-likeness (QED) is 0.680. The minimum Gasteiger partial charge on any atom is -0.391 e. The maximum Gasteiger partial charge on any atom is 0.0695 e. The second-order valence-corrected chi connectivity index (χ2v) is 4.19. The molecule has 72 valence electrons. The zero-order valence-electron chi connectivity index (χ0n) is 8.45. The van der Waals surface area contributed by atoms with E-state index in [0.29, 0.717) is 6.04 Å². The van der Waals surface area contributed by atoms with E-state index < -0.39 is 0 Å². The molecule has 2 heteroatoms. The summed E-state index contributed by atoms with van der Waals surface area (Å²) in [7, 11) is 4.12. The van der Waals surface area contributed by atoms with Crippen molar-refractivity contribution in [3.63, 3.8) is 0 Å². The maximum atomic E-state index is 9.71. The van der Waals surface area contributed by atoms with E-state index in [0.717, 1.165) is 12.3 Å². The Morgan fingerprint density at radius 2 is 2.00 bits per heavy atom. The Morgan fingerprint density at radius 1 is 1.33 bits per heavy atom. The number of hydrogen-bond donors (Lipinski definition) is 1. The normalized spacial score (nSPS) is 37.2. The molecule has 3 atom stereocenters. The second kappa shape index (κ2) is 4.24. The van der Waals surface area contributed by atoms with Crippen molar-refractivity contribution in [2.75, 3.05) is 14.1 Å². The summed E-state index contributed by atoms with van der Waals surface area (Å²) in [6.07, 6.45) is 4.54. The van der Waals surface area contributed by atoms with Gasteiger partial charge in [0, 0.05) is 6.04 Å². The van der Waals surface area contributed by atoms with Crippen LogP contribution >= 0.6 is 0 Å². The summed E-state index contributed by atoms with van der Waals surface area (Å²) in [4.78, 5) is 2.16. The van der Waals surface area contributed by atoms with Crippen LogP contribution in [-0.4, -0.2) is 36.2 Å². The van der Waals surface area contributed by atoms with E-state index >= 15 is 0 Å². The number of aliphatic hydroxyl groups is 1. The molecule has 0 bridgehead atoms. The molecule has 3 unspecified atom stereocenters. The van der Waals surface area contributed by atoms with Crippen molar-refractivity contribution < 1.29 is 5.11 Å². The van der Waals surface area contributed by atoms with Crippen LogP contribution in [0.3, 0.4) is 0 Å². The van der Waals surface area contributed by atoms with E-state index in [1.807, 2.05) is 0 Å². The molecule has 0 spiro atoms. The Balaban J connectivity index is 2.47. The van der Waals surface area contributed by atoms with E-state index in [4.69, 9.17) is 0 Å². The average molecular weight is 171 g/mol. The predicted octanol–water partition coefficient (Wildman–Crippen LogP) is 1.49. The number of aliphatic hydroxyl groups excluding tert-OH is 1. The molecular weight excluding hydrogens is 150 g/mol. The fourth-order valence-electron chi connectivity index (χ4n) is 2.14. The van der Waals surface area contributed by atoms with Crippen molar-refractivity contribution in [1.29, 1.82) is 0 Å². The lowest BCUT2D eigenvalue weighted by Gasteiger charge is -2.36. The number of nitrogens with zero attached hydrogens (tertiary/aromatic N) is 1. The van der Waals surface area contributed by atoms with Crippen molar-refractivity contribution in [2.24, 2.45) is 5.92 Å². The molecule has 0 saturated heterocycles. The molecule has 1 aliphatic carbocycles. The summed E-state index contributed by atoms with van der Waals surface area (Å²) in [5.74, 6) is 0.834. The molecule has 1 rings (SSSR count). The van der Waals surface area contributed by atoms with E-state index in [9.17, 15) is 5.11 Å². The van der Waals surface area contributed by atoms with Crippen molar-refractivity contribution >= 4 is 0 Å². The number of likely N-dealkylation sites (N-methyl/N-ethyl adjacent to an activating group) is 1. The van der Waals surface area contributed by atoms with Gasteiger partial charge in [-0.1, -0.05) is 13.3 Å². The number of hydrogen-bond acceptors (Lipinski definition) is 2. The zero-order chi connectivity index (χ0) is 9.14. The van der Waals surface area contributed by atoms with Crippen molar-refractivity contribution in [3.05, 3.63) is 0 Å². The van der Waals surface area contributed by atoms with Crippen molar-refractivity contribution in [3.8, 4) is 0 Å². The average Bonchev–Trinajstić information content (AvgIpc) is 2.05. The van der Waals surface area contributed by atoms with E-state index in [-0.39, 0.29) is 6.10 Å². The fourth-order valence-corrected chi connectivity index (χ4v) is 2.14. The Labute approximate surface area is 75.6 Å². The molecule has 0 aromatic carbocycles. The molecule has 1 aliphatic rings. The predicted molar refractivity (Wildman–Crippen MR) is 51.1 cm³/mol. The highest BCUT2D eigenvalue weighted by molar-refractivity contribution is 4.83. The monoisotopic (exact) mass is 171 g/mol. The first-order valence-electron chi connectivity index (χ1n) is 4.99. The van der Waals surface area contributed by atoms with Crippen LogP contribution < -0.4 is 0 Å². The molecule has 0 aromatic heterocycles. The Bertz CT molecular complexity index is 136. The van der Waals surface area contributed by atoms with Crippen LogP contribution in [0.25, 0.3) is 0 Å². The maximum absolute atomic E-state index is 9.71. The molecule has 1 N–H and O–H groups in total. The molecule has 0 amide bonds. The minimum atomic E-state index is -0.0946. The van der Waals surface area contributed by atoms with Crippen LogP contribution in [0.2, 0.25) is 0 Å². The van der Waals surface area contributed by atoms with Crippen LogP contribution in [0.5, 0.6) is 0 Å². The molecule has 1 fully saturated rings. The lowest BCUT2D eigenvalue weighted by atomic mass is 9.82. The number of rotatable bonds is 2. The highest BCUT2D eigenvalue weighted by Gasteiger charge is 2.29. The zero-order valence-corrected chi connectivity index (χ0v) is 8.45. The molecule has 2 nitrogen and oxygen atoms in total. The SMILES string of the molecule is CCC1CCC(O)C(N(C)C)C1. The van der Waals surface area contributed by atoms with Crippen LogP contribution in [-0.2, 0) is 0 Å². The van der Waals surface area contributed by atoms with Gasteiger partial charge >= 0.3 is 0 Å². The fraction of sp³-hybridized carbons (Fsp3) is 1.00. The highest BCUT2D eigenvalue weighted by Crippen LogP contribution is 2.28. The minimum absolute atomic E-state index is 0.0946. The summed E-state index contributed by atoms with van der Waals surface area (Å²) >= 11 is 0. The van der Waals surface area contributed by atoms with Gasteiger partial charge in [-0.2, -0.15) is 0 Å². The third-order valence-electron chi connectivity index (χ3n) is 3.13. The van der Waals surface area contributed by atoms with Gasteiger partial charge in [0.2, 0.25) is 0 Å². The topological polar surface area (TPSA) is 23.5 Å². The molecule has 12 heavy (non-hydrogen) atoms. The van der Waals surface area contributed by atoms with Crippen LogP contribution in [0.4, 0.5) is 0 Å². The van der Waals surface area contributed by atoms with Gasteiger partial charge in [0.15, 0.2) is 0 Å². The van der Waals surface area contributed by atoms with Crippen molar-refractivity contribution in [2.45, 2.75) is 44.8 Å². The van der Waals surface area contributed by atoms with E-state index in [1.165, 1.54) is 19.3 Å².